The predicted molar refractivity (Wildman–Crippen MR) is 124 cm³/mol. The van der Waals surface area contributed by atoms with Crippen molar-refractivity contribution in [3.05, 3.63) is 78.1 Å². The Balaban J connectivity index is 1.60. The molecule has 1 saturated carbocycles. The van der Waals surface area contributed by atoms with E-state index in [0.717, 1.165) is 24.7 Å². The second kappa shape index (κ2) is 10.1. The van der Waals surface area contributed by atoms with Crippen LogP contribution in [-0.2, 0) is 13.1 Å². The standard InChI is InChI=1S/C25H31N5/c26-23-24(29-22-15-9-1-2-10-16-22)27-19-28-25(23)30(17-20-11-5-3-6-12-20)18-21-13-7-4-8-14-21/h3-8,11-14,19,22H,1-2,9-10,15-18,26H2,(H,27,28,29). The van der Waals surface area contributed by atoms with Gasteiger partial charge in [0.05, 0.1) is 0 Å². The van der Waals surface area contributed by atoms with E-state index in [9.17, 15) is 0 Å². The maximum absolute atomic E-state index is 6.62. The van der Waals surface area contributed by atoms with Gasteiger partial charge in [0.2, 0.25) is 0 Å². The molecular formula is C25H31N5. The molecule has 3 aromatic rings. The van der Waals surface area contributed by atoms with Crippen molar-refractivity contribution in [2.75, 3.05) is 16.0 Å². The van der Waals surface area contributed by atoms with Crippen LogP contribution < -0.4 is 16.0 Å². The molecule has 0 bridgehead atoms. The normalized spacial score (nSPS) is 14.8. The Morgan fingerprint density at radius 2 is 1.37 bits per heavy atom. The zero-order chi connectivity index (χ0) is 20.6. The van der Waals surface area contributed by atoms with Crippen molar-refractivity contribution in [3.63, 3.8) is 0 Å². The molecule has 4 rings (SSSR count). The van der Waals surface area contributed by atoms with Gasteiger partial charge in [0.1, 0.15) is 12.0 Å². The lowest BCUT2D eigenvalue weighted by atomic mass is 10.1. The molecule has 1 aliphatic rings. The van der Waals surface area contributed by atoms with Gasteiger partial charge in [-0.2, -0.15) is 0 Å². The molecule has 0 amide bonds. The minimum Gasteiger partial charge on any atom is -0.393 e. The Hall–Kier alpha value is -3.08. The van der Waals surface area contributed by atoms with Gasteiger partial charge in [0.25, 0.3) is 0 Å². The summed E-state index contributed by atoms with van der Waals surface area (Å²) < 4.78 is 0. The minimum absolute atomic E-state index is 0.439. The molecule has 0 atom stereocenters. The van der Waals surface area contributed by atoms with Gasteiger partial charge in [-0.25, -0.2) is 9.97 Å². The highest BCUT2D eigenvalue weighted by Crippen LogP contribution is 2.30. The van der Waals surface area contributed by atoms with Crippen molar-refractivity contribution in [3.8, 4) is 0 Å². The first kappa shape index (κ1) is 20.2. The number of nitrogen functional groups attached to an aromatic ring is 1. The molecule has 2 aromatic carbocycles. The van der Waals surface area contributed by atoms with Crippen molar-refractivity contribution >= 4 is 17.3 Å². The van der Waals surface area contributed by atoms with Crippen LogP contribution in [0.2, 0.25) is 0 Å². The first-order chi connectivity index (χ1) is 14.8. The lowest BCUT2D eigenvalue weighted by Crippen LogP contribution is -2.26. The molecular weight excluding hydrogens is 370 g/mol. The number of nitrogens with zero attached hydrogens (tertiary/aromatic N) is 3. The monoisotopic (exact) mass is 401 g/mol. The van der Waals surface area contributed by atoms with E-state index >= 15 is 0 Å². The maximum atomic E-state index is 6.62. The first-order valence-electron chi connectivity index (χ1n) is 11.0. The molecule has 1 aromatic heterocycles. The summed E-state index contributed by atoms with van der Waals surface area (Å²) in [5.74, 6) is 1.55. The molecule has 0 spiro atoms. The van der Waals surface area contributed by atoms with Gasteiger partial charge in [-0.15, -0.1) is 0 Å². The van der Waals surface area contributed by atoms with Crippen LogP contribution in [-0.4, -0.2) is 16.0 Å². The summed E-state index contributed by atoms with van der Waals surface area (Å²) in [4.78, 5) is 11.3. The molecule has 0 radical (unpaired) electrons. The van der Waals surface area contributed by atoms with E-state index in [1.165, 1.54) is 49.7 Å². The van der Waals surface area contributed by atoms with E-state index in [0.29, 0.717) is 11.7 Å². The van der Waals surface area contributed by atoms with E-state index in [2.05, 4.69) is 68.7 Å². The SMILES string of the molecule is Nc1c(NC2CCCCCC2)ncnc1N(Cc1ccccc1)Cc1ccccc1. The second-order valence-electron chi connectivity index (χ2n) is 8.12. The summed E-state index contributed by atoms with van der Waals surface area (Å²) in [5.41, 5.74) is 9.70. The van der Waals surface area contributed by atoms with Gasteiger partial charge >= 0.3 is 0 Å². The van der Waals surface area contributed by atoms with E-state index in [1.54, 1.807) is 6.33 Å². The van der Waals surface area contributed by atoms with Crippen molar-refractivity contribution < 1.29 is 0 Å². The number of aromatic nitrogens is 2. The van der Waals surface area contributed by atoms with Crippen LogP contribution in [0.5, 0.6) is 0 Å². The molecule has 1 heterocycles. The average molecular weight is 402 g/mol. The molecule has 0 unspecified atom stereocenters. The molecule has 5 heteroatoms. The third-order valence-corrected chi connectivity index (χ3v) is 5.79. The molecule has 3 N–H and O–H groups in total. The summed E-state index contributed by atoms with van der Waals surface area (Å²) in [7, 11) is 0. The van der Waals surface area contributed by atoms with Crippen molar-refractivity contribution in [1.29, 1.82) is 0 Å². The van der Waals surface area contributed by atoms with Gasteiger partial charge < -0.3 is 16.0 Å². The highest BCUT2D eigenvalue weighted by Gasteiger charge is 2.19. The Labute approximate surface area is 179 Å². The molecule has 1 aliphatic carbocycles. The van der Waals surface area contributed by atoms with E-state index < -0.39 is 0 Å². The summed E-state index contributed by atoms with van der Waals surface area (Å²) in [6, 6.07) is 21.3. The summed E-state index contributed by atoms with van der Waals surface area (Å²) in [6.45, 7) is 1.47. The average Bonchev–Trinajstić information content (AvgIpc) is 3.05. The number of rotatable bonds is 7. The zero-order valence-corrected chi connectivity index (χ0v) is 17.5. The third kappa shape index (κ3) is 5.29. The van der Waals surface area contributed by atoms with Crippen LogP contribution in [0.15, 0.2) is 67.0 Å². The fourth-order valence-corrected chi connectivity index (χ4v) is 4.18. The number of nitrogens with one attached hydrogen (secondary N) is 1. The number of benzene rings is 2. The van der Waals surface area contributed by atoms with Crippen LogP contribution in [0.3, 0.4) is 0 Å². The van der Waals surface area contributed by atoms with Crippen molar-refractivity contribution in [2.24, 2.45) is 0 Å². The quantitative estimate of drug-likeness (QED) is 0.519. The Bertz CT molecular complexity index is 864. The highest BCUT2D eigenvalue weighted by atomic mass is 15.2. The number of hydrogen-bond acceptors (Lipinski definition) is 5. The topological polar surface area (TPSA) is 67.1 Å². The van der Waals surface area contributed by atoms with Crippen LogP contribution in [0.1, 0.15) is 49.7 Å². The second-order valence-corrected chi connectivity index (χ2v) is 8.12. The Morgan fingerprint density at radius 3 is 1.93 bits per heavy atom. The van der Waals surface area contributed by atoms with Crippen molar-refractivity contribution in [2.45, 2.75) is 57.7 Å². The lowest BCUT2D eigenvalue weighted by molar-refractivity contribution is 0.617. The van der Waals surface area contributed by atoms with Crippen LogP contribution in [0.25, 0.3) is 0 Å². The van der Waals surface area contributed by atoms with Crippen LogP contribution in [0.4, 0.5) is 17.3 Å². The minimum atomic E-state index is 0.439. The summed E-state index contributed by atoms with van der Waals surface area (Å²) in [6.07, 6.45) is 9.17. The number of nitrogens with two attached hydrogens (primary N) is 1. The fraction of sp³-hybridized carbons (Fsp3) is 0.360. The van der Waals surface area contributed by atoms with Crippen LogP contribution >= 0.6 is 0 Å². The summed E-state index contributed by atoms with van der Waals surface area (Å²) in [5, 5.41) is 3.61. The summed E-state index contributed by atoms with van der Waals surface area (Å²) >= 11 is 0. The van der Waals surface area contributed by atoms with Crippen LogP contribution in [0, 0.1) is 0 Å². The van der Waals surface area contributed by atoms with Gasteiger partial charge in [0, 0.05) is 19.1 Å². The molecule has 1 fully saturated rings. The van der Waals surface area contributed by atoms with Gasteiger partial charge in [-0.05, 0) is 24.0 Å². The smallest absolute Gasteiger partial charge is 0.158 e. The fourth-order valence-electron chi connectivity index (χ4n) is 4.18. The van der Waals surface area contributed by atoms with Crippen molar-refractivity contribution in [1.82, 2.24) is 9.97 Å². The zero-order valence-electron chi connectivity index (χ0n) is 17.5. The van der Waals surface area contributed by atoms with Gasteiger partial charge in [0.15, 0.2) is 11.6 Å². The molecule has 30 heavy (non-hydrogen) atoms. The van der Waals surface area contributed by atoms with Gasteiger partial charge in [-0.3, -0.25) is 0 Å². The third-order valence-electron chi connectivity index (χ3n) is 5.79. The van der Waals surface area contributed by atoms with E-state index in [1.807, 2.05) is 12.1 Å². The lowest BCUT2D eigenvalue weighted by Gasteiger charge is -2.27. The highest BCUT2D eigenvalue weighted by molar-refractivity contribution is 5.75. The van der Waals surface area contributed by atoms with E-state index in [-0.39, 0.29) is 0 Å². The molecule has 5 nitrogen and oxygen atoms in total. The molecule has 0 saturated heterocycles. The van der Waals surface area contributed by atoms with Gasteiger partial charge in [-0.1, -0.05) is 86.3 Å². The largest absolute Gasteiger partial charge is 0.393 e. The Kier molecular flexibility index (Phi) is 6.80. The molecule has 0 aliphatic heterocycles. The Morgan fingerprint density at radius 1 is 0.800 bits per heavy atom. The predicted octanol–water partition coefficient (Wildman–Crippen LogP) is 5.40. The maximum Gasteiger partial charge on any atom is 0.158 e. The first-order valence-corrected chi connectivity index (χ1v) is 11.0. The number of anilines is 3. The number of hydrogen-bond donors (Lipinski definition) is 2. The van der Waals surface area contributed by atoms with E-state index in [4.69, 9.17) is 5.73 Å². The molecule has 156 valence electrons.